The van der Waals surface area contributed by atoms with Crippen LogP contribution in [-0.2, 0) is 4.79 Å². The molecule has 9 nitrogen and oxygen atoms in total. The molecular weight excluding hydrogens is 326 g/mol. The number of carbonyl (C=O) groups excluding carboxylic acids is 1. The van der Waals surface area contributed by atoms with Gasteiger partial charge in [-0.05, 0) is 47.4 Å². The van der Waals surface area contributed by atoms with Gasteiger partial charge in [-0.2, -0.15) is 4.68 Å². The minimum atomic E-state index is -0.978. The molecule has 2 atom stereocenters. The van der Waals surface area contributed by atoms with E-state index in [2.05, 4.69) is 15.5 Å². The SMILES string of the molecule is COc1ccc(C(=O)N2CCC(C)CC2C(=O)O)cc1-n1cnnn1. The number of likely N-dealkylation sites (tertiary alicyclic amines) is 1. The van der Waals surface area contributed by atoms with Gasteiger partial charge < -0.3 is 14.7 Å². The number of ether oxygens (including phenoxy) is 1. The molecule has 0 saturated carbocycles. The lowest BCUT2D eigenvalue weighted by atomic mass is 9.92. The molecule has 0 spiro atoms. The van der Waals surface area contributed by atoms with Crippen molar-refractivity contribution < 1.29 is 19.4 Å². The molecule has 0 radical (unpaired) electrons. The normalized spacial score (nSPS) is 20.3. The van der Waals surface area contributed by atoms with Crippen LogP contribution in [-0.4, -0.2) is 61.8 Å². The van der Waals surface area contributed by atoms with Gasteiger partial charge in [-0.25, -0.2) is 4.79 Å². The maximum atomic E-state index is 12.9. The summed E-state index contributed by atoms with van der Waals surface area (Å²) in [7, 11) is 1.51. The molecule has 25 heavy (non-hydrogen) atoms. The van der Waals surface area contributed by atoms with E-state index < -0.39 is 12.0 Å². The van der Waals surface area contributed by atoms with Crippen molar-refractivity contribution in [2.24, 2.45) is 5.92 Å². The lowest BCUT2D eigenvalue weighted by Gasteiger charge is -2.36. The van der Waals surface area contributed by atoms with Gasteiger partial charge in [-0.1, -0.05) is 6.92 Å². The Hall–Kier alpha value is -2.97. The highest BCUT2D eigenvalue weighted by Gasteiger charge is 2.35. The number of hydrogen-bond acceptors (Lipinski definition) is 6. The molecule has 9 heteroatoms. The van der Waals surface area contributed by atoms with Gasteiger partial charge in [0.1, 0.15) is 23.8 Å². The van der Waals surface area contributed by atoms with E-state index in [-0.39, 0.29) is 11.8 Å². The van der Waals surface area contributed by atoms with Gasteiger partial charge in [-0.3, -0.25) is 4.79 Å². The number of carboxylic acid groups (broad SMARTS) is 1. The van der Waals surface area contributed by atoms with Gasteiger partial charge in [0.25, 0.3) is 5.91 Å². The number of aromatic nitrogens is 4. The fourth-order valence-electron chi connectivity index (χ4n) is 3.06. The van der Waals surface area contributed by atoms with Crippen molar-refractivity contribution in [2.75, 3.05) is 13.7 Å². The first-order valence-electron chi connectivity index (χ1n) is 7.96. The topological polar surface area (TPSA) is 110 Å². The molecule has 1 aliphatic heterocycles. The Balaban J connectivity index is 1.94. The number of rotatable bonds is 4. The second-order valence-electron chi connectivity index (χ2n) is 6.12. The number of methoxy groups -OCH3 is 1. The van der Waals surface area contributed by atoms with Gasteiger partial charge >= 0.3 is 5.97 Å². The Morgan fingerprint density at radius 2 is 2.16 bits per heavy atom. The first-order valence-corrected chi connectivity index (χ1v) is 7.96. The minimum absolute atomic E-state index is 0.276. The van der Waals surface area contributed by atoms with E-state index in [1.165, 1.54) is 23.0 Å². The van der Waals surface area contributed by atoms with Crippen LogP contribution < -0.4 is 4.74 Å². The molecule has 2 unspecified atom stereocenters. The molecule has 1 saturated heterocycles. The standard InChI is InChI=1S/C16H19N5O4/c1-10-5-6-20(13(7-10)16(23)24)15(22)11-3-4-14(25-2)12(8-11)21-9-17-18-19-21/h3-4,8-10,13H,5-7H2,1-2H3,(H,23,24). The van der Waals surface area contributed by atoms with Crippen LogP contribution in [0.3, 0.4) is 0 Å². The zero-order chi connectivity index (χ0) is 18.0. The highest BCUT2D eigenvalue weighted by Crippen LogP contribution is 2.27. The van der Waals surface area contributed by atoms with Crippen LogP contribution in [0.1, 0.15) is 30.1 Å². The van der Waals surface area contributed by atoms with E-state index in [4.69, 9.17) is 4.74 Å². The first-order chi connectivity index (χ1) is 12.0. The first kappa shape index (κ1) is 16.9. The highest BCUT2D eigenvalue weighted by molar-refractivity contribution is 5.97. The maximum absolute atomic E-state index is 12.9. The molecule has 1 aliphatic rings. The number of aliphatic carboxylic acids is 1. The van der Waals surface area contributed by atoms with Gasteiger partial charge in [0.05, 0.1) is 7.11 Å². The third kappa shape index (κ3) is 3.30. The zero-order valence-corrected chi connectivity index (χ0v) is 14.0. The summed E-state index contributed by atoms with van der Waals surface area (Å²) in [5.74, 6) is -0.519. The average molecular weight is 345 g/mol. The van der Waals surface area contributed by atoms with E-state index in [9.17, 15) is 14.7 Å². The third-order valence-electron chi connectivity index (χ3n) is 4.43. The van der Waals surface area contributed by atoms with E-state index in [0.29, 0.717) is 30.0 Å². The Labute approximate surface area is 144 Å². The molecule has 1 aromatic heterocycles. The van der Waals surface area contributed by atoms with Crippen molar-refractivity contribution in [2.45, 2.75) is 25.8 Å². The fourth-order valence-corrected chi connectivity index (χ4v) is 3.06. The molecule has 0 aliphatic carbocycles. The van der Waals surface area contributed by atoms with Gasteiger partial charge in [0.2, 0.25) is 0 Å². The molecule has 0 bridgehead atoms. The summed E-state index contributed by atoms with van der Waals surface area (Å²) in [4.78, 5) is 25.9. The lowest BCUT2D eigenvalue weighted by Crippen LogP contribution is -2.49. The van der Waals surface area contributed by atoms with Crippen molar-refractivity contribution in [3.05, 3.63) is 30.1 Å². The van der Waals surface area contributed by atoms with E-state index >= 15 is 0 Å². The summed E-state index contributed by atoms with van der Waals surface area (Å²) in [6.45, 7) is 2.42. The van der Waals surface area contributed by atoms with E-state index in [1.54, 1.807) is 18.2 Å². The molecule has 1 N–H and O–H groups in total. The maximum Gasteiger partial charge on any atom is 0.326 e. The summed E-state index contributed by atoms with van der Waals surface area (Å²) in [5.41, 5.74) is 0.878. The average Bonchev–Trinajstić information content (AvgIpc) is 3.15. The van der Waals surface area contributed by atoms with Crippen LogP contribution in [0.15, 0.2) is 24.5 Å². The molecular formula is C16H19N5O4. The fraction of sp³-hybridized carbons (Fsp3) is 0.438. The van der Waals surface area contributed by atoms with Crippen molar-refractivity contribution in [3.8, 4) is 11.4 Å². The molecule has 2 heterocycles. The Morgan fingerprint density at radius 1 is 1.36 bits per heavy atom. The molecule has 1 amide bonds. The van der Waals surface area contributed by atoms with Gasteiger partial charge in [-0.15, -0.1) is 5.10 Å². The van der Waals surface area contributed by atoms with Crippen molar-refractivity contribution in [3.63, 3.8) is 0 Å². The predicted molar refractivity (Wildman–Crippen MR) is 86.6 cm³/mol. The number of nitrogens with zero attached hydrogens (tertiary/aromatic N) is 5. The van der Waals surface area contributed by atoms with E-state index in [1.807, 2.05) is 6.92 Å². The van der Waals surface area contributed by atoms with Gasteiger partial charge in [0, 0.05) is 12.1 Å². The van der Waals surface area contributed by atoms with Crippen LogP contribution >= 0.6 is 0 Å². The monoisotopic (exact) mass is 345 g/mol. The third-order valence-corrected chi connectivity index (χ3v) is 4.43. The molecule has 1 fully saturated rings. The number of carbonyl (C=O) groups is 2. The molecule has 1 aromatic carbocycles. The Morgan fingerprint density at radius 3 is 2.80 bits per heavy atom. The van der Waals surface area contributed by atoms with Crippen LogP contribution in [0.4, 0.5) is 0 Å². The second-order valence-corrected chi connectivity index (χ2v) is 6.12. The van der Waals surface area contributed by atoms with Gasteiger partial charge in [0.15, 0.2) is 0 Å². The lowest BCUT2D eigenvalue weighted by molar-refractivity contribution is -0.144. The second kappa shape index (κ2) is 6.88. The number of benzene rings is 1. The van der Waals surface area contributed by atoms with Crippen LogP contribution in [0.5, 0.6) is 5.75 Å². The van der Waals surface area contributed by atoms with Crippen molar-refractivity contribution in [1.29, 1.82) is 0 Å². The van der Waals surface area contributed by atoms with Crippen molar-refractivity contribution >= 4 is 11.9 Å². The van der Waals surface area contributed by atoms with Crippen molar-refractivity contribution in [1.82, 2.24) is 25.1 Å². The molecule has 2 aromatic rings. The Bertz CT molecular complexity index is 777. The number of carboxylic acids is 1. The number of tetrazole rings is 1. The summed E-state index contributed by atoms with van der Waals surface area (Å²) in [6, 6.07) is 4.06. The molecule has 3 rings (SSSR count). The summed E-state index contributed by atoms with van der Waals surface area (Å²) in [5, 5.41) is 20.5. The zero-order valence-electron chi connectivity index (χ0n) is 14.0. The number of amides is 1. The Kier molecular flexibility index (Phi) is 4.64. The molecule has 132 valence electrons. The van der Waals surface area contributed by atoms with Crippen LogP contribution in [0, 0.1) is 5.92 Å². The summed E-state index contributed by atoms with van der Waals surface area (Å²) < 4.78 is 6.68. The summed E-state index contributed by atoms with van der Waals surface area (Å²) in [6.07, 6.45) is 2.64. The number of hydrogen-bond donors (Lipinski definition) is 1. The quantitative estimate of drug-likeness (QED) is 0.880. The largest absolute Gasteiger partial charge is 0.494 e. The highest BCUT2D eigenvalue weighted by atomic mass is 16.5. The minimum Gasteiger partial charge on any atom is -0.494 e. The predicted octanol–water partition coefficient (Wildman–Crippen LogP) is 0.996. The summed E-state index contributed by atoms with van der Waals surface area (Å²) >= 11 is 0. The van der Waals surface area contributed by atoms with Crippen LogP contribution in [0.25, 0.3) is 5.69 Å². The smallest absolute Gasteiger partial charge is 0.326 e. The van der Waals surface area contributed by atoms with Crippen LogP contribution in [0.2, 0.25) is 0 Å². The van der Waals surface area contributed by atoms with E-state index in [0.717, 1.165) is 6.42 Å². The number of piperidine rings is 1.